The molecule has 0 fully saturated rings. The highest BCUT2D eigenvalue weighted by molar-refractivity contribution is 5.73. The van der Waals surface area contributed by atoms with Crippen molar-refractivity contribution in [2.45, 2.75) is 31.9 Å². The molecule has 2 N–H and O–H groups in total. The molecule has 7 heteroatoms. The van der Waals surface area contributed by atoms with E-state index < -0.39 is 17.5 Å². The number of phenolic OH excluding ortho intramolecular Hbond substituents is 1. The smallest absolute Gasteiger partial charge is 0.416 e. The third-order valence-electron chi connectivity index (χ3n) is 4.11. The van der Waals surface area contributed by atoms with Gasteiger partial charge in [0.1, 0.15) is 11.4 Å². The predicted molar refractivity (Wildman–Crippen MR) is 80.3 cm³/mol. The van der Waals surface area contributed by atoms with Gasteiger partial charge in [0.15, 0.2) is 5.82 Å². The number of fused-ring (bicyclic) bond motifs is 1. The first-order chi connectivity index (χ1) is 10.9. The molecule has 0 spiro atoms. The Balaban J connectivity index is 2.12. The Morgan fingerprint density at radius 2 is 1.78 bits per heavy atom. The molecular weight excluding hydrogens is 307 g/mol. The second-order valence-corrected chi connectivity index (χ2v) is 5.54. The molecule has 1 heterocycles. The van der Waals surface area contributed by atoms with E-state index in [4.69, 9.17) is 0 Å². The van der Waals surface area contributed by atoms with E-state index >= 15 is 0 Å². The summed E-state index contributed by atoms with van der Waals surface area (Å²) in [5.41, 5.74) is 1.84. The van der Waals surface area contributed by atoms with Gasteiger partial charge in [0.25, 0.3) is 0 Å². The van der Waals surface area contributed by atoms with Crippen LogP contribution in [0.5, 0.6) is 5.75 Å². The molecule has 3 rings (SSSR count). The zero-order chi connectivity index (χ0) is 16.6. The fraction of sp³-hybridized carbons (Fsp3) is 0.375. The summed E-state index contributed by atoms with van der Waals surface area (Å²) in [6.45, 7) is 0. The van der Waals surface area contributed by atoms with Crippen molar-refractivity contribution >= 4 is 5.82 Å². The van der Waals surface area contributed by atoms with Gasteiger partial charge in [0, 0.05) is 18.2 Å². The first kappa shape index (κ1) is 15.6. The number of rotatable bonds is 2. The van der Waals surface area contributed by atoms with Gasteiger partial charge in [-0.15, -0.1) is 10.2 Å². The highest BCUT2D eigenvalue weighted by Crippen LogP contribution is 2.39. The lowest BCUT2D eigenvalue weighted by Crippen LogP contribution is -2.12. The summed E-state index contributed by atoms with van der Waals surface area (Å²) in [5, 5.41) is 21.3. The maximum Gasteiger partial charge on any atom is 0.416 e. The lowest BCUT2D eigenvalue weighted by Gasteiger charge is -2.21. The van der Waals surface area contributed by atoms with Crippen LogP contribution in [0.3, 0.4) is 0 Å². The van der Waals surface area contributed by atoms with Gasteiger partial charge in [-0.2, -0.15) is 13.2 Å². The molecule has 0 bridgehead atoms. The van der Waals surface area contributed by atoms with E-state index in [1.165, 1.54) is 6.07 Å². The molecule has 23 heavy (non-hydrogen) atoms. The molecule has 1 aromatic heterocycles. The largest absolute Gasteiger partial charge is 0.507 e. The Hall–Kier alpha value is -2.31. The number of phenols is 1. The molecule has 122 valence electrons. The first-order valence-electron chi connectivity index (χ1n) is 7.38. The molecule has 0 saturated heterocycles. The van der Waals surface area contributed by atoms with E-state index in [9.17, 15) is 18.3 Å². The van der Waals surface area contributed by atoms with Crippen molar-refractivity contribution in [3.05, 3.63) is 34.9 Å². The zero-order valence-corrected chi connectivity index (χ0v) is 12.5. The maximum atomic E-state index is 12.7. The van der Waals surface area contributed by atoms with E-state index in [0.717, 1.165) is 48.9 Å². The minimum absolute atomic E-state index is 0.284. The molecule has 1 aliphatic carbocycles. The Morgan fingerprint density at radius 3 is 2.39 bits per heavy atom. The highest BCUT2D eigenvalue weighted by atomic mass is 19.4. The number of nitrogens with one attached hydrogen (secondary N) is 1. The van der Waals surface area contributed by atoms with Crippen molar-refractivity contribution in [2.75, 3.05) is 12.4 Å². The molecule has 0 atom stereocenters. The topological polar surface area (TPSA) is 58.0 Å². The van der Waals surface area contributed by atoms with E-state index in [1.54, 1.807) is 7.05 Å². The molecule has 1 aromatic carbocycles. The van der Waals surface area contributed by atoms with E-state index in [2.05, 4.69) is 15.5 Å². The van der Waals surface area contributed by atoms with Crippen LogP contribution in [0, 0.1) is 0 Å². The molecule has 0 saturated carbocycles. The van der Waals surface area contributed by atoms with Crippen molar-refractivity contribution in [3.63, 3.8) is 0 Å². The van der Waals surface area contributed by atoms with Crippen molar-refractivity contribution in [2.24, 2.45) is 0 Å². The van der Waals surface area contributed by atoms with Crippen LogP contribution in [0.4, 0.5) is 19.0 Å². The molecule has 2 aromatic rings. The van der Waals surface area contributed by atoms with Crippen LogP contribution in [-0.4, -0.2) is 22.4 Å². The second-order valence-electron chi connectivity index (χ2n) is 5.54. The van der Waals surface area contributed by atoms with E-state index in [0.29, 0.717) is 11.5 Å². The average Bonchev–Trinajstić information content (AvgIpc) is 2.53. The lowest BCUT2D eigenvalue weighted by atomic mass is 9.89. The molecule has 4 nitrogen and oxygen atoms in total. The standard InChI is InChI=1S/C16H16F3N3O/c1-20-15-11-5-3-2-4-10(11)14(21-22-15)12-7-6-9(8-13(12)23)16(17,18)19/h6-8,23H,2-5H2,1H3,(H,20,22). The third kappa shape index (κ3) is 2.83. The zero-order valence-electron chi connectivity index (χ0n) is 12.5. The molecule has 0 radical (unpaired) electrons. The second kappa shape index (κ2) is 5.72. The number of nitrogens with zero attached hydrogens (tertiary/aromatic N) is 2. The van der Waals surface area contributed by atoms with Gasteiger partial charge in [-0.25, -0.2) is 0 Å². The van der Waals surface area contributed by atoms with Gasteiger partial charge in [0.05, 0.1) is 5.56 Å². The molecule has 1 aliphatic rings. The Kier molecular flexibility index (Phi) is 3.87. The number of anilines is 1. The van der Waals surface area contributed by atoms with Crippen LogP contribution in [0.2, 0.25) is 0 Å². The van der Waals surface area contributed by atoms with Gasteiger partial charge in [-0.1, -0.05) is 0 Å². The summed E-state index contributed by atoms with van der Waals surface area (Å²) in [6, 6.07) is 2.95. The van der Waals surface area contributed by atoms with E-state index in [-0.39, 0.29) is 5.56 Å². The van der Waals surface area contributed by atoms with Crippen molar-refractivity contribution in [1.82, 2.24) is 10.2 Å². The fourth-order valence-corrected chi connectivity index (χ4v) is 2.97. The normalized spacial score (nSPS) is 14.4. The van der Waals surface area contributed by atoms with Crippen LogP contribution in [0.25, 0.3) is 11.3 Å². The minimum atomic E-state index is -4.49. The third-order valence-corrected chi connectivity index (χ3v) is 4.11. The monoisotopic (exact) mass is 323 g/mol. The molecule has 0 unspecified atom stereocenters. The van der Waals surface area contributed by atoms with Crippen molar-refractivity contribution in [3.8, 4) is 17.0 Å². The Bertz CT molecular complexity index is 744. The van der Waals surface area contributed by atoms with E-state index in [1.807, 2.05) is 0 Å². The van der Waals surface area contributed by atoms with Gasteiger partial charge in [0.2, 0.25) is 0 Å². The number of benzene rings is 1. The number of alkyl halides is 3. The SMILES string of the molecule is CNc1nnc(-c2ccc(C(F)(F)F)cc2O)c2c1CCCC2. The number of halogens is 3. The van der Waals surface area contributed by atoms with Gasteiger partial charge < -0.3 is 10.4 Å². The minimum Gasteiger partial charge on any atom is -0.507 e. The number of hydrogen-bond donors (Lipinski definition) is 2. The summed E-state index contributed by atoms with van der Waals surface area (Å²) >= 11 is 0. The van der Waals surface area contributed by atoms with Gasteiger partial charge in [-0.05, 0) is 49.4 Å². The van der Waals surface area contributed by atoms with Crippen LogP contribution in [-0.2, 0) is 19.0 Å². The Labute approximate surface area is 131 Å². The average molecular weight is 323 g/mol. The molecule has 0 aliphatic heterocycles. The van der Waals surface area contributed by atoms with Crippen LogP contribution >= 0.6 is 0 Å². The summed E-state index contributed by atoms with van der Waals surface area (Å²) in [7, 11) is 1.76. The summed E-state index contributed by atoms with van der Waals surface area (Å²) in [6.07, 6.45) is -0.857. The van der Waals surface area contributed by atoms with Gasteiger partial charge >= 0.3 is 6.18 Å². The first-order valence-corrected chi connectivity index (χ1v) is 7.38. The van der Waals surface area contributed by atoms with Gasteiger partial charge in [-0.3, -0.25) is 0 Å². The molecular formula is C16H16F3N3O. The quantitative estimate of drug-likeness (QED) is 0.883. The maximum absolute atomic E-state index is 12.7. The van der Waals surface area contributed by atoms with Crippen LogP contribution < -0.4 is 5.32 Å². The number of aromatic hydroxyl groups is 1. The highest BCUT2D eigenvalue weighted by Gasteiger charge is 2.31. The predicted octanol–water partition coefficient (Wildman–Crippen LogP) is 3.79. The van der Waals surface area contributed by atoms with Crippen LogP contribution in [0.15, 0.2) is 18.2 Å². The summed E-state index contributed by atoms with van der Waals surface area (Å²) in [5.74, 6) is 0.258. The molecule has 0 amide bonds. The lowest BCUT2D eigenvalue weighted by molar-refractivity contribution is -0.137. The van der Waals surface area contributed by atoms with Crippen LogP contribution in [0.1, 0.15) is 29.5 Å². The Morgan fingerprint density at radius 1 is 1.09 bits per heavy atom. The van der Waals surface area contributed by atoms with Crippen molar-refractivity contribution in [1.29, 1.82) is 0 Å². The summed E-state index contributed by atoms with van der Waals surface area (Å²) < 4.78 is 38.2. The number of aromatic nitrogens is 2. The summed E-state index contributed by atoms with van der Waals surface area (Å²) in [4.78, 5) is 0. The number of hydrogen-bond acceptors (Lipinski definition) is 4. The fourth-order valence-electron chi connectivity index (χ4n) is 2.97. The van der Waals surface area contributed by atoms with Crippen molar-refractivity contribution < 1.29 is 18.3 Å².